The van der Waals surface area contributed by atoms with Crippen molar-refractivity contribution in [3.05, 3.63) is 53.1 Å². The number of hydrogen-bond acceptors (Lipinski definition) is 2. The van der Waals surface area contributed by atoms with Gasteiger partial charge < -0.3 is 9.47 Å². The van der Waals surface area contributed by atoms with E-state index in [-0.39, 0.29) is 80.9 Å². The van der Waals surface area contributed by atoms with E-state index in [1.165, 1.54) is 22.0 Å². The van der Waals surface area contributed by atoms with Crippen LogP contribution in [0, 0.1) is 82.4 Å². The zero-order chi connectivity index (χ0) is 13.0. The van der Waals surface area contributed by atoms with Gasteiger partial charge in [0.2, 0.25) is 0 Å². The van der Waals surface area contributed by atoms with Gasteiger partial charge in [0.25, 0.3) is 0 Å². The molecule has 2 aromatic rings. The monoisotopic (exact) mass is 350 g/mol. The second kappa shape index (κ2) is 6.85. The van der Waals surface area contributed by atoms with Crippen LogP contribution >= 0.6 is 9.24 Å². The summed E-state index contributed by atoms with van der Waals surface area (Å²) in [6.45, 7) is 3.50. The van der Waals surface area contributed by atoms with Crippen molar-refractivity contribution in [1.29, 1.82) is 0 Å². The van der Waals surface area contributed by atoms with Gasteiger partial charge in [0.1, 0.15) is 24.7 Å². The molecule has 1 spiro atoms. The van der Waals surface area contributed by atoms with Gasteiger partial charge in [-0.25, -0.2) is 0 Å². The molecule has 0 fully saturated rings. The van der Waals surface area contributed by atoms with Gasteiger partial charge in [-0.3, -0.25) is 0 Å². The number of aryl methyl sites for hydroxylation is 1. The van der Waals surface area contributed by atoms with Crippen molar-refractivity contribution in [2.75, 3.05) is 13.2 Å². The summed E-state index contributed by atoms with van der Waals surface area (Å²) in [6, 6.07) is 12.5. The molecular weight excluding hydrogens is 335 g/mol. The first kappa shape index (κ1) is 18.3. The molecule has 2 aromatic carbocycles. The molecule has 4 rings (SSSR count). The molecule has 2 atom stereocenters. The predicted molar refractivity (Wildman–Crippen MR) is 78.7 cm³/mol. The van der Waals surface area contributed by atoms with Crippen molar-refractivity contribution in [2.45, 2.75) is 12.3 Å². The Hall–Kier alpha value is 0.989. The SMILES string of the molecule is Cc1cccc2c1C1(CO2)COc2cccc(P)c21.[Ar].[Ar]. The zero-order valence-electron chi connectivity index (χ0n) is 11.5. The van der Waals surface area contributed by atoms with Gasteiger partial charge in [-0.2, -0.15) is 0 Å². The largest absolute Gasteiger partial charge is 0.492 e. The van der Waals surface area contributed by atoms with Crippen LogP contribution in [0.5, 0.6) is 11.5 Å². The first-order valence-electron chi connectivity index (χ1n) is 6.47. The second-order valence-electron chi connectivity index (χ2n) is 5.33. The van der Waals surface area contributed by atoms with Crippen molar-refractivity contribution < 1.29 is 85.0 Å². The molecule has 0 aliphatic carbocycles. The molecule has 0 N–H and O–H groups in total. The molecule has 2 aliphatic heterocycles. The van der Waals surface area contributed by atoms with Crippen LogP contribution in [0.1, 0.15) is 16.7 Å². The van der Waals surface area contributed by atoms with E-state index < -0.39 is 0 Å². The van der Waals surface area contributed by atoms with Crippen molar-refractivity contribution in [3.63, 3.8) is 0 Å². The molecule has 0 amide bonds. The van der Waals surface area contributed by atoms with E-state index in [2.05, 4.69) is 40.4 Å². The Balaban J connectivity index is 0.000000807. The van der Waals surface area contributed by atoms with E-state index in [4.69, 9.17) is 9.47 Å². The van der Waals surface area contributed by atoms with Gasteiger partial charge in [-0.1, -0.05) is 24.3 Å². The van der Waals surface area contributed by atoms with E-state index in [9.17, 15) is 0 Å². The minimum Gasteiger partial charge on any atom is -0.492 e. The Morgan fingerprint density at radius 2 is 1.48 bits per heavy atom. The molecule has 0 aromatic heterocycles. The molecule has 21 heavy (non-hydrogen) atoms. The Labute approximate surface area is 187 Å². The van der Waals surface area contributed by atoms with Crippen LogP contribution in [0.3, 0.4) is 0 Å². The van der Waals surface area contributed by atoms with E-state index in [0.717, 1.165) is 11.5 Å². The summed E-state index contributed by atoms with van der Waals surface area (Å²) in [4.78, 5) is 0. The van der Waals surface area contributed by atoms with Crippen molar-refractivity contribution in [3.8, 4) is 11.5 Å². The predicted octanol–water partition coefficient (Wildman–Crippen LogP) is 2.57. The number of ether oxygens (including phenoxy) is 2. The molecule has 0 saturated carbocycles. The average Bonchev–Trinajstić information content (AvgIpc) is 2.96. The second-order valence-corrected chi connectivity index (χ2v) is 5.95. The first-order valence-corrected chi connectivity index (χ1v) is 7.05. The molecule has 0 radical (unpaired) electrons. The third kappa shape index (κ3) is 2.70. The summed E-state index contributed by atoms with van der Waals surface area (Å²) in [5.74, 6) is 2.00. The summed E-state index contributed by atoms with van der Waals surface area (Å²) in [5.41, 5.74) is 3.71. The van der Waals surface area contributed by atoms with Crippen molar-refractivity contribution >= 4 is 14.5 Å². The van der Waals surface area contributed by atoms with Gasteiger partial charge in [0, 0.05) is 86.6 Å². The van der Waals surface area contributed by atoms with Gasteiger partial charge in [-0.05, 0) is 29.9 Å². The Morgan fingerprint density at radius 3 is 2.14 bits per heavy atom. The zero-order valence-corrected chi connectivity index (χ0v) is 14.0. The summed E-state index contributed by atoms with van der Waals surface area (Å²) < 4.78 is 11.9. The van der Waals surface area contributed by atoms with E-state index in [1.54, 1.807) is 0 Å². The van der Waals surface area contributed by atoms with Crippen LogP contribution in [0.4, 0.5) is 0 Å². The molecule has 2 nitrogen and oxygen atoms in total. The standard InChI is InChI=1S/C16H15O2P.2Ar/c1-10-4-2-5-11-14(10)16(8-17-11)9-18-12-6-3-7-13(19)15(12)16;;/h2-7H,8-9,19H2,1H3;;. The summed E-state index contributed by atoms with van der Waals surface area (Å²) in [5, 5.41) is 1.20. The molecule has 0 bridgehead atoms. The fourth-order valence-corrected chi connectivity index (χ4v) is 3.94. The van der Waals surface area contributed by atoms with Gasteiger partial charge in [-0.15, -0.1) is 9.24 Å². The quantitative estimate of drug-likeness (QED) is 0.680. The number of hydrogen-bond donors (Lipinski definition) is 0. The third-order valence-corrected chi connectivity index (χ3v) is 4.68. The van der Waals surface area contributed by atoms with E-state index in [1.807, 2.05) is 12.1 Å². The van der Waals surface area contributed by atoms with Crippen LogP contribution in [0.15, 0.2) is 36.4 Å². The van der Waals surface area contributed by atoms with Crippen molar-refractivity contribution in [1.82, 2.24) is 0 Å². The van der Waals surface area contributed by atoms with Crippen LogP contribution in [0.25, 0.3) is 0 Å². The first-order chi connectivity index (χ1) is 9.22. The average molecular weight is 350 g/mol. The van der Waals surface area contributed by atoms with E-state index in [0.29, 0.717) is 13.2 Å². The third-order valence-electron chi connectivity index (χ3n) is 4.20. The van der Waals surface area contributed by atoms with Gasteiger partial charge >= 0.3 is 0 Å². The van der Waals surface area contributed by atoms with Crippen molar-refractivity contribution in [2.24, 2.45) is 0 Å². The molecule has 2 heterocycles. The molecule has 2 aliphatic rings. The van der Waals surface area contributed by atoms with Crippen LogP contribution in [0.2, 0.25) is 0 Å². The molecule has 0 saturated heterocycles. The topological polar surface area (TPSA) is 18.5 Å². The fourth-order valence-electron chi connectivity index (χ4n) is 3.41. The maximum atomic E-state index is 5.94. The number of benzene rings is 2. The van der Waals surface area contributed by atoms with E-state index >= 15 is 0 Å². The van der Waals surface area contributed by atoms with Gasteiger partial charge in [0.05, 0.1) is 5.41 Å². The minimum absolute atomic E-state index is 0. The Kier molecular flexibility index (Phi) is 5.98. The summed E-state index contributed by atoms with van der Waals surface area (Å²) >= 11 is 0. The molecular formula is C16H15Ar2O2P. The van der Waals surface area contributed by atoms with Crippen LogP contribution < -0.4 is 14.8 Å². The maximum Gasteiger partial charge on any atom is 0.124 e. The Morgan fingerprint density at radius 1 is 0.905 bits per heavy atom. The summed E-state index contributed by atoms with van der Waals surface area (Å²) in [6.07, 6.45) is 0. The molecule has 5 heteroatoms. The van der Waals surface area contributed by atoms with Crippen LogP contribution in [-0.4, -0.2) is 13.2 Å². The molecule has 112 valence electrons. The molecule has 2 unspecified atom stereocenters. The Bertz CT molecular complexity index is 628. The van der Waals surface area contributed by atoms with Crippen LogP contribution in [-0.2, 0) is 5.41 Å². The number of rotatable bonds is 0. The normalized spacial score (nSPS) is 20.7. The fraction of sp³-hybridized carbons (Fsp3) is 0.250. The minimum atomic E-state index is -0.131. The maximum absolute atomic E-state index is 5.94. The van der Waals surface area contributed by atoms with Gasteiger partial charge in [0.15, 0.2) is 0 Å². The smallest absolute Gasteiger partial charge is 0.124 e. The summed E-state index contributed by atoms with van der Waals surface area (Å²) in [7, 11) is 2.83. The number of fused-ring (bicyclic) bond motifs is 4.